The van der Waals surface area contributed by atoms with Crippen molar-refractivity contribution < 1.29 is 4.42 Å². The minimum absolute atomic E-state index is 0.866. The number of anilines is 3. The quantitative estimate of drug-likeness (QED) is 0.167. The molecule has 0 saturated carbocycles. The Kier molecular flexibility index (Phi) is 7.75. The molecule has 276 valence electrons. The highest BCUT2D eigenvalue weighted by Gasteiger charge is 2.20. The second kappa shape index (κ2) is 13.6. The molecule has 12 aromatic rings. The summed E-state index contributed by atoms with van der Waals surface area (Å²) < 4.78 is 9.26. The number of nitrogens with zero attached hydrogens (tertiary/aromatic N) is 1. The van der Waals surface area contributed by atoms with Crippen LogP contribution in [0.15, 0.2) is 217 Å². The molecule has 0 amide bonds. The molecular formula is C56H35NOS. The summed E-state index contributed by atoms with van der Waals surface area (Å²) in [7, 11) is 0. The van der Waals surface area contributed by atoms with Gasteiger partial charge in [-0.3, -0.25) is 0 Å². The largest absolute Gasteiger partial charge is 0.456 e. The van der Waals surface area contributed by atoms with Crippen LogP contribution in [0.4, 0.5) is 17.1 Å². The zero-order valence-electron chi connectivity index (χ0n) is 32.0. The van der Waals surface area contributed by atoms with E-state index in [0.717, 1.165) is 39.0 Å². The van der Waals surface area contributed by atoms with Crippen molar-refractivity contribution >= 4 is 92.1 Å². The van der Waals surface area contributed by atoms with Gasteiger partial charge in [0.25, 0.3) is 0 Å². The first-order valence-corrected chi connectivity index (χ1v) is 20.9. The van der Waals surface area contributed by atoms with E-state index in [1.807, 2.05) is 11.3 Å². The predicted octanol–water partition coefficient (Wildman–Crippen LogP) is 16.7. The molecule has 0 aliphatic carbocycles. The van der Waals surface area contributed by atoms with Crippen molar-refractivity contribution in [2.24, 2.45) is 0 Å². The summed E-state index contributed by atoms with van der Waals surface area (Å²) in [4.78, 5) is 2.36. The Labute approximate surface area is 345 Å². The number of benzene rings is 10. The zero-order chi connectivity index (χ0) is 38.9. The van der Waals surface area contributed by atoms with E-state index in [0.29, 0.717) is 0 Å². The van der Waals surface area contributed by atoms with Crippen LogP contribution in [0.1, 0.15) is 0 Å². The van der Waals surface area contributed by atoms with Gasteiger partial charge in [-0.2, -0.15) is 0 Å². The molecule has 59 heavy (non-hydrogen) atoms. The number of hydrogen-bond acceptors (Lipinski definition) is 3. The molecular weight excluding hydrogens is 735 g/mol. The van der Waals surface area contributed by atoms with E-state index in [1.54, 1.807) is 0 Å². The van der Waals surface area contributed by atoms with Gasteiger partial charge in [-0.05, 0) is 103 Å². The average molecular weight is 770 g/mol. The van der Waals surface area contributed by atoms with Crippen LogP contribution < -0.4 is 4.90 Å². The van der Waals surface area contributed by atoms with Crippen molar-refractivity contribution in [3.8, 4) is 33.4 Å². The fraction of sp³-hybridized carbons (Fsp3) is 0. The van der Waals surface area contributed by atoms with Gasteiger partial charge in [0.15, 0.2) is 0 Å². The van der Waals surface area contributed by atoms with E-state index >= 15 is 0 Å². The summed E-state index contributed by atoms with van der Waals surface area (Å²) in [6, 6.07) is 76.8. The third-order valence-electron chi connectivity index (χ3n) is 11.8. The Hall–Kier alpha value is -7.46. The molecule has 0 unspecified atom stereocenters. The molecule has 0 spiro atoms. The maximum Gasteiger partial charge on any atom is 0.137 e. The van der Waals surface area contributed by atoms with Crippen LogP contribution >= 0.6 is 11.3 Å². The van der Waals surface area contributed by atoms with E-state index in [1.165, 1.54) is 75.1 Å². The molecule has 2 nitrogen and oxygen atoms in total. The molecule has 10 aromatic carbocycles. The third kappa shape index (κ3) is 5.62. The highest BCUT2D eigenvalue weighted by Crippen LogP contribution is 2.48. The maximum atomic E-state index is 6.63. The molecule has 0 radical (unpaired) electrons. The van der Waals surface area contributed by atoms with Crippen LogP contribution in [-0.4, -0.2) is 0 Å². The second-order valence-electron chi connectivity index (χ2n) is 15.3. The SMILES string of the molecule is c1ccc(-c2ccc(N(c3cccc(-c4ccc(-c5ccccc5)c5sc6c7ccccc7ccc6c45)c3)c3ccc4c(c3)oc3cc5ccccc5cc34)cc2)cc1. The zero-order valence-corrected chi connectivity index (χ0v) is 32.8. The molecule has 2 aromatic heterocycles. The van der Waals surface area contributed by atoms with Gasteiger partial charge in [0.1, 0.15) is 11.2 Å². The van der Waals surface area contributed by atoms with Gasteiger partial charge in [-0.25, -0.2) is 0 Å². The Morgan fingerprint density at radius 2 is 0.932 bits per heavy atom. The minimum atomic E-state index is 0.866. The molecule has 0 bridgehead atoms. The highest BCUT2D eigenvalue weighted by atomic mass is 32.1. The summed E-state index contributed by atoms with van der Waals surface area (Å²) in [5.74, 6) is 0. The van der Waals surface area contributed by atoms with Crippen LogP contribution in [-0.2, 0) is 0 Å². The minimum Gasteiger partial charge on any atom is -0.456 e. The molecule has 0 aliphatic rings. The fourth-order valence-electron chi connectivity index (χ4n) is 8.98. The smallest absolute Gasteiger partial charge is 0.137 e. The Morgan fingerprint density at radius 1 is 0.322 bits per heavy atom. The summed E-state index contributed by atoms with van der Waals surface area (Å²) in [6.07, 6.45) is 0. The van der Waals surface area contributed by atoms with Gasteiger partial charge in [0.05, 0.1) is 0 Å². The molecule has 0 N–H and O–H groups in total. The van der Waals surface area contributed by atoms with Crippen LogP contribution in [0.3, 0.4) is 0 Å². The molecule has 2 heterocycles. The lowest BCUT2D eigenvalue weighted by atomic mass is 9.94. The van der Waals surface area contributed by atoms with Crippen LogP contribution in [0, 0.1) is 0 Å². The van der Waals surface area contributed by atoms with Gasteiger partial charge in [0, 0.05) is 54.1 Å². The Morgan fingerprint density at radius 3 is 1.75 bits per heavy atom. The van der Waals surface area contributed by atoms with Gasteiger partial charge in [0.2, 0.25) is 0 Å². The van der Waals surface area contributed by atoms with E-state index in [2.05, 4.69) is 217 Å². The first-order valence-electron chi connectivity index (χ1n) is 20.1. The number of furan rings is 1. The maximum absolute atomic E-state index is 6.63. The lowest BCUT2D eigenvalue weighted by Gasteiger charge is -2.26. The topological polar surface area (TPSA) is 16.4 Å². The number of hydrogen-bond donors (Lipinski definition) is 0. The number of rotatable bonds is 6. The molecule has 3 heteroatoms. The lowest BCUT2D eigenvalue weighted by molar-refractivity contribution is 0.669. The Balaban J connectivity index is 1.05. The summed E-state index contributed by atoms with van der Waals surface area (Å²) in [6.45, 7) is 0. The molecule has 0 fully saturated rings. The van der Waals surface area contributed by atoms with Gasteiger partial charge < -0.3 is 9.32 Å². The van der Waals surface area contributed by atoms with Crippen molar-refractivity contribution in [1.29, 1.82) is 0 Å². The van der Waals surface area contributed by atoms with Crippen molar-refractivity contribution in [1.82, 2.24) is 0 Å². The highest BCUT2D eigenvalue weighted by molar-refractivity contribution is 7.27. The molecule has 12 rings (SSSR count). The normalized spacial score (nSPS) is 11.7. The van der Waals surface area contributed by atoms with Gasteiger partial charge in [-0.1, -0.05) is 158 Å². The summed E-state index contributed by atoms with van der Waals surface area (Å²) in [5.41, 5.74) is 12.2. The molecule has 0 saturated heterocycles. The number of fused-ring (bicyclic) bond motifs is 9. The van der Waals surface area contributed by atoms with Crippen molar-refractivity contribution in [2.75, 3.05) is 4.90 Å². The van der Waals surface area contributed by atoms with Gasteiger partial charge >= 0.3 is 0 Å². The van der Waals surface area contributed by atoms with E-state index < -0.39 is 0 Å². The average Bonchev–Trinajstić information content (AvgIpc) is 3.87. The summed E-state index contributed by atoms with van der Waals surface area (Å²) in [5, 5.41) is 9.77. The van der Waals surface area contributed by atoms with Crippen LogP contribution in [0.2, 0.25) is 0 Å². The van der Waals surface area contributed by atoms with Crippen LogP contribution in [0.25, 0.3) is 97.0 Å². The lowest BCUT2D eigenvalue weighted by Crippen LogP contribution is -2.10. The van der Waals surface area contributed by atoms with Crippen molar-refractivity contribution in [3.63, 3.8) is 0 Å². The van der Waals surface area contributed by atoms with Crippen molar-refractivity contribution in [3.05, 3.63) is 212 Å². The van der Waals surface area contributed by atoms with Crippen LogP contribution in [0.5, 0.6) is 0 Å². The first-order chi connectivity index (χ1) is 29.2. The standard InChI is InChI=1S/C56H35NOS/c1-3-12-36(13-4-1)37-22-25-43(26-23-37)57(45-27-29-49-51-33-40-17-7-8-18-41(40)34-52(51)58-53(49)35-45)44-20-11-19-42(32-44)46-30-31-48(38-14-5-2-6-15-38)56-54(46)50-28-24-39-16-9-10-21-47(39)55(50)59-56/h1-35H. The first kappa shape index (κ1) is 33.7. The predicted molar refractivity (Wildman–Crippen MR) is 253 cm³/mol. The summed E-state index contributed by atoms with van der Waals surface area (Å²) >= 11 is 1.91. The third-order valence-corrected chi connectivity index (χ3v) is 13.1. The molecule has 0 atom stereocenters. The van der Waals surface area contributed by atoms with E-state index in [4.69, 9.17) is 4.42 Å². The van der Waals surface area contributed by atoms with Gasteiger partial charge in [-0.15, -0.1) is 11.3 Å². The second-order valence-corrected chi connectivity index (χ2v) is 16.3. The fourth-order valence-corrected chi connectivity index (χ4v) is 10.4. The van der Waals surface area contributed by atoms with Crippen molar-refractivity contribution in [2.45, 2.75) is 0 Å². The number of thiophene rings is 1. The van der Waals surface area contributed by atoms with E-state index in [9.17, 15) is 0 Å². The molecule has 0 aliphatic heterocycles. The van der Waals surface area contributed by atoms with E-state index in [-0.39, 0.29) is 0 Å². The Bertz CT molecular complexity index is 3550. The monoisotopic (exact) mass is 769 g/mol.